The lowest BCUT2D eigenvalue weighted by Crippen LogP contribution is -2.44. The third-order valence-corrected chi connectivity index (χ3v) is 4.41. The molecular weight excluding hydrogens is 306 g/mol. The van der Waals surface area contributed by atoms with Crippen LogP contribution >= 0.6 is 0 Å². The Morgan fingerprint density at radius 3 is 2.50 bits per heavy atom. The maximum Gasteiger partial charge on any atom is 0.329 e. The summed E-state index contributed by atoms with van der Waals surface area (Å²) in [6, 6.07) is 5.30. The molecule has 0 radical (unpaired) electrons. The minimum Gasteiger partial charge on any atom is -0.295 e. The van der Waals surface area contributed by atoms with Gasteiger partial charge in [-0.05, 0) is 36.0 Å². The second-order valence-electron chi connectivity index (χ2n) is 7.74. The summed E-state index contributed by atoms with van der Waals surface area (Å²) in [6.07, 6.45) is 1.51. The Hall–Kier alpha value is -2.37. The quantitative estimate of drug-likeness (QED) is 0.855. The Labute approximate surface area is 140 Å². The fourth-order valence-corrected chi connectivity index (χ4v) is 3.36. The standard InChI is InChI=1S/C18H23N3O3/c1-18(2,3)10-11-5-6-12-14(9-11)20(4)17(24)21(12)13-7-8-15(22)19-16(13)23/h5-6,9,13H,7-8,10H2,1-4H3,(H,19,22,23). The van der Waals surface area contributed by atoms with Gasteiger partial charge in [0.05, 0.1) is 11.0 Å². The highest BCUT2D eigenvalue weighted by Crippen LogP contribution is 2.26. The molecule has 0 bridgehead atoms. The molecule has 0 saturated carbocycles. The Bertz CT molecular complexity index is 883. The van der Waals surface area contributed by atoms with Gasteiger partial charge in [0, 0.05) is 13.5 Å². The van der Waals surface area contributed by atoms with E-state index in [1.165, 1.54) is 4.57 Å². The zero-order valence-corrected chi connectivity index (χ0v) is 14.5. The highest BCUT2D eigenvalue weighted by molar-refractivity contribution is 6.00. The van der Waals surface area contributed by atoms with E-state index in [-0.39, 0.29) is 23.4 Å². The Morgan fingerprint density at radius 2 is 1.88 bits per heavy atom. The van der Waals surface area contributed by atoms with Crippen LogP contribution in [0.1, 0.15) is 45.2 Å². The molecule has 2 aromatic rings. The first-order valence-corrected chi connectivity index (χ1v) is 8.21. The van der Waals surface area contributed by atoms with Crippen LogP contribution in [-0.2, 0) is 23.1 Å². The van der Waals surface area contributed by atoms with Crippen molar-refractivity contribution >= 4 is 22.8 Å². The smallest absolute Gasteiger partial charge is 0.295 e. The number of carbonyl (C=O) groups excluding carboxylic acids is 2. The number of amides is 2. The van der Waals surface area contributed by atoms with Gasteiger partial charge in [0.1, 0.15) is 6.04 Å². The molecule has 1 aromatic heterocycles. The minimum atomic E-state index is -0.632. The molecule has 2 amide bonds. The molecule has 1 aliphatic heterocycles. The molecule has 1 N–H and O–H groups in total. The van der Waals surface area contributed by atoms with Gasteiger partial charge in [-0.25, -0.2) is 4.79 Å². The third-order valence-electron chi connectivity index (χ3n) is 4.41. The number of nitrogens with one attached hydrogen (secondary N) is 1. The molecule has 1 atom stereocenters. The Morgan fingerprint density at radius 1 is 1.17 bits per heavy atom. The highest BCUT2D eigenvalue weighted by Gasteiger charge is 2.31. The van der Waals surface area contributed by atoms with Crippen LogP contribution in [0.5, 0.6) is 0 Å². The summed E-state index contributed by atoms with van der Waals surface area (Å²) in [5.74, 6) is -0.684. The van der Waals surface area contributed by atoms with Crippen molar-refractivity contribution in [3.63, 3.8) is 0 Å². The maximum atomic E-state index is 12.7. The van der Waals surface area contributed by atoms with E-state index in [1.807, 2.05) is 18.2 Å². The van der Waals surface area contributed by atoms with Crippen molar-refractivity contribution in [1.29, 1.82) is 0 Å². The second-order valence-corrected chi connectivity index (χ2v) is 7.74. The molecule has 1 aliphatic rings. The molecule has 6 nitrogen and oxygen atoms in total. The van der Waals surface area contributed by atoms with E-state index in [0.717, 1.165) is 23.0 Å². The highest BCUT2D eigenvalue weighted by atomic mass is 16.2. The van der Waals surface area contributed by atoms with Crippen LogP contribution in [0.15, 0.2) is 23.0 Å². The summed E-state index contributed by atoms with van der Waals surface area (Å²) in [6.45, 7) is 6.51. The van der Waals surface area contributed by atoms with Gasteiger partial charge >= 0.3 is 5.69 Å². The SMILES string of the molecule is Cn1c(=O)n(C2CCC(=O)NC2=O)c2ccc(CC(C)(C)C)cc21. The van der Waals surface area contributed by atoms with E-state index in [4.69, 9.17) is 0 Å². The van der Waals surface area contributed by atoms with Crippen molar-refractivity contribution < 1.29 is 9.59 Å². The van der Waals surface area contributed by atoms with Crippen LogP contribution < -0.4 is 11.0 Å². The van der Waals surface area contributed by atoms with E-state index in [9.17, 15) is 14.4 Å². The molecule has 1 saturated heterocycles. The summed E-state index contributed by atoms with van der Waals surface area (Å²) in [5.41, 5.74) is 2.62. The molecule has 0 spiro atoms. The molecule has 0 aliphatic carbocycles. The topological polar surface area (TPSA) is 73.1 Å². The van der Waals surface area contributed by atoms with Gasteiger partial charge < -0.3 is 0 Å². The molecule has 6 heteroatoms. The Kier molecular flexibility index (Phi) is 3.86. The molecule has 128 valence electrons. The first-order valence-electron chi connectivity index (χ1n) is 8.21. The maximum absolute atomic E-state index is 12.7. The van der Waals surface area contributed by atoms with Crippen molar-refractivity contribution in [3.8, 4) is 0 Å². The lowest BCUT2D eigenvalue weighted by Gasteiger charge is -2.22. The van der Waals surface area contributed by atoms with E-state index in [0.29, 0.717) is 6.42 Å². The molecule has 2 heterocycles. The lowest BCUT2D eigenvalue weighted by molar-refractivity contribution is -0.135. The number of rotatable bonds is 2. The van der Waals surface area contributed by atoms with Crippen LogP contribution in [0.4, 0.5) is 0 Å². The summed E-state index contributed by atoms with van der Waals surface area (Å²) in [5, 5.41) is 2.32. The van der Waals surface area contributed by atoms with Crippen molar-refractivity contribution in [2.75, 3.05) is 0 Å². The molecule has 3 rings (SSSR count). The number of aryl methyl sites for hydroxylation is 1. The number of imidazole rings is 1. The van der Waals surface area contributed by atoms with E-state index in [1.54, 1.807) is 11.6 Å². The predicted octanol–water partition coefficient (Wildman–Crippen LogP) is 1.91. The zero-order valence-electron chi connectivity index (χ0n) is 14.5. The van der Waals surface area contributed by atoms with Gasteiger partial charge in [-0.15, -0.1) is 0 Å². The summed E-state index contributed by atoms with van der Waals surface area (Å²) < 4.78 is 3.09. The summed E-state index contributed by atoms with van der Waals surface area (Å²) >= 11 is 0. The van der Waals surface area contributed by atoms with Gasteiger partial charge in [0.2, 0.25) is 11.8 Å². The van der Waals surface area contributed by atoms with Crippen LogP contribution in [-0.4, -0.2) is 20.9 Å². The number of aromatic nitrogens is 2. The Balaban J connectivity index is 2.10. The van der Waals surface area contributed by atoms with E-state index < -0.39 is 11.9 Å². The molecular formula is C18H23N3O3. The van der Waals surface area contributed by atoms with Gasteiger partial charge in [-0.2, -0.15) is 0 Å². The molecule has 1 aromatic carbocycles. The number of piperidine rings is 1. The molecule has 1 fully saturated rings. The molecule has 24 heavy (non-hydrogen) atoms. The van der Waals surface area contributed by atoms with Crippen LogP contribution in [0.25, 0.3) is 11.0 Å². The van der Waals surface area contributed by atoms with Crippen molar-refractivity contribution in [1.82, 2.24) is 14.5 Å². The molecule has 1 unspecified atom stereocenters. The summed E-state index contributed by atoms with van der Waals surface area (Å²) in [4.78, 5) is 36.2. The van der Waals surface area contributed by atoms with E-state index in [2.05, 4.69) is 26.1 Å². The predicted molar refractivity (Wildman–Crippen MR) is 91.8 cm³/mol. The summed E-state index contributed by atoms with van der Waals surface area (Å²) in [7, 11) is 1.72. The number of hydrogen-bond acceptors (Lipinski definition) is 3. The van der Waals surface area contributed by atoms with Gasteiger partial charge in [-0.3, -0.25) is 24.0 Å². The number of fused-ring (bicyclic) bond motifs is 1. The average Bonchev–Trinajstić information content (AvgIpc) is 2.70. The first kappa shape index (κ1) is 16.5. The largest absolute Gasteiger partial charge is 0.329 e. The normalized spacial score (nSPS) is 18.9. The van der Waals surface area contributed by atoms with Gasteiger partial charge in [0.15, 0.2) is 0 Å². The second kappa shape index (κ2) is 5.61. The third kappa shape index (κ3) is 2.88. The number of carbonyl (C=O) groups is 2. The van der Waals surface area contributed by atoms with Crippen LogP contribution in [0, 0.1) is 5.41 Å². The fraction of sp³-hybridized carbons (Fsp3) is 0.500. The monoisotopic (exact) mass is 329 g/mol. The zero-order chi connectivity index (χ0) is 17.6. The number of nitrogens with zero attached hydrogens (tertiary/aromatic N) is 2. The lowest BCUT2D eigenvalue weighted by atomic mass is 9.88. The van der Waals surface area contributed by atoms with Crippen molar-refractivity contribution in [2.45, 2.75) is 46.1 Å². The number of benzene rings is 1. The van der Waals surface area contributed by atoms with Crippen LogP contribution in [0.3, 0.4) is 0 Å². The van der Waals surface area contributed by atoms with Crippen molar-refractivity contribution in [3.05, 3.63) is 34.2 Å². The van der Waals surface area contributed by atoms with Crippen molar-refractivity contribution in [2.24, 2.45) is 12.5 Å². The minimum absolute atomic E-state index is 0.152. The van der Waals surface area contributed by atoms with E-state index >= 15 is 0 Å². The van der Waals surface area contributed by atoms with Gasteiger partial charge in [-0.1, -0.05) is 26.8 Å². The first-order chi connectivity index (χ1) is 11.2. The van der Waals surface area contributed by atoms with Crippen LogP contribution in [0.2, 0.25) is 0 Å². The average molecular weight is 329 g/mol. The number of hydrogen-bond donors (Lipinski definition) is 1. The van der Waals surface area contributed by atoms with Gasteiger partial charge in [0.25, 0.3) is 0 Å². The fourth-order valence-electron chi connectivity index (χ4n) is 3.36. The number of imide groups is 1.